The Hall–Kier alpha value is -2.48. The molecule has 0 nitrogen and oxygen atoms in total. The van der Waals surface area contributed by atoms with Crippen LogP contribution in [0.4, 0.5) is 8.78 Å². The van der Waals surface area contributed by atoms with Crippen molar-refractivity contribution in [3.05, 3.63) is 81.7 Å². The first kappa shape index (κ1) is 21.7. The molecule has 0 aliphatic carbocycles. The van der Waals surface area contributed by atoms with Crippen LogP contribution >= 0.6 is 22.7 Å². The lowest BCUT2D eigenvalue weighted by atomic mass is 10.1. The van der Waals surface area contributed by atoms with Gasteiger partial charge in [0, 0.05) is 24.7 Å². The van der Waals surface area contributed by atoms with Crippen LogP contribution in [-0.2, 0) is 12.8 Å². The molecule has 2 aromatic heterocycles. The molecule has 0 spiro atoms. The summed E-state index contributed by atoms with van der Waals surface area (Å²) in [5.41, 5.74) is 2.39. The lowest BCUT2D eigenvalue weighted by Gasteiger charge is -2.02. The van der Waals surface area contributed by atoms with Crippen LogP contribution in [-0.4, -0.2) is 0 Å². The summed E-state index contributed by atoms with van der Waals surface area (Å²) in [4.78, 5) is 2.24. The number of fused-ring (bicyclic) bond motifs is 1. The fourth-order valence-electron chi connectivity index (χ4n) is 3.50. The van der Waals surface area contributed by atoms with Gasteiger partial charge in [0.1, 0.15) is 11.6 Å². The molecule has 4 rings (SSSR count). The molecule has 0 radical (unpaired) electrons. The zero-order valence-corrected chi connectivity index (χ0v) is 19.4. The van der Waals surface area contributed by atoms with Gasteiger partial charge in [0.05, 0.1) is 5.56 Å². The van der Waals surface area contributed by atoms with E-state index >= 15 is 0 Å². The minimum Gasteiger partial charge on any atom is -0.205 e. The van der Waals surface area contributed by atoms with Gasteiger partial charge < -0.3 is 0 Å². The highest BCUT2D eigenvalue weighted by atomic mass is 32.1. The molecule has 0 aliphatic heterocycles. The van der Waals surface area contributed by atoms with E-state index in [4.69, 9.17) is 0 Å². The van der Waals surface area contributed by atoms with Crippen LogP contribution < -0.4 is 0 Å². The van der Waals surface area contributed by atoms with E-state index < -0.39 is 11.6 Å². The zero-order chi connectivity index (χ0) is 21.8. The van der Waals surface area contributed by atoms with Gasteiger partial charge in [-0.05, 0) is 66.8 Å². The molecule has 0 atom stereocenters. The Labute approximate surface area is 190 Å². The van der Waals surface area contributed by atoms with E-state index in [1.54, 1.807) is 22.7 Å². The van der Waals surface area contributed by atoms with Crippen molar-refractivity contribution in [2.24, 2.45) is 0 Å². The summed E-state index contributed by atoms with van der Waals surface area (Å²) >= 11 is 3.34. The van der Waals surface area contributed by atoms with Gasteiger partial charge in [0.2, 0.25) is 0 Å². The summed E-state index contributed by atoms with van der Waals surface area (Å²) in [5.74, 6) is 4.34. The second kappa shape index (κ2) is 9.77. The van der Waals surface area contributed by atoms with Crippen molar-refractivity contribution in [1.82, 2.24) is 0 Å². The number of thiophene rings is 2. The summed E-state index contributed by atoms with van der Waals surface area (Å²) in [6.45, 7) is 4.33. The second-order valence-electron chi connectivity index (χ2n) is 7.67. The average Bonchev–Trinajstić information content (AvgIpc) is 3.31. The Kier molecular flexibility index (Phi) is 6.85. The summed E-state index contributed by atoms with van der Waals surface area (Å²) < 4.78 is 31.8. The predicted molar refractivity (Wildman–Crippen MR) is 130 cm³/mol. The SMILES string of the molecule is CCCCc1ccc(C#Cc2c(F)cc(-c3cc4sc(CCC)cc4s3)cc2F)cc1. The first-order valence-corrected chi connectivity index (χ1v) is 12.3. The van der Waals surface area contributed by atoms with Crippen molar-refractivity contribution in [2.75, 3.05) is 0 Å². The number of aryl methyl sites for hydroxylation is 2. The molecule has 0 fully saturated rings. The Morgan fingerprint density at radius 2 is 1.48 bits per heavy atom. The van der Waals surface area contributed by atoms with E-state index in [9.17, 15) is 8.78 Å². The highest BCUT2D eigenvalue weighted by molar-refractivity contribution is 7.29. The van der Waals surface area contributed by atoms with Crippen molar-refractivity contribution >= 4 is 32.1 Å². The molecule has 2 heterocycles. The van der Waals surface area contributed by atoms with Crippen LogP contribution in [0.3, 0.4) is 0 Å². The summed E-state index contributed by atoms with van der Waals surface area (Å²) in [7, 11) is 0. The standard InChI is InChI=1S/C27H24F2S2/c1-3-5-7-18-8-10-19(11-9-18)12-13-22-23(28)14-20(15-24(22)29)25-17-27-26(31-25)16-21(30-27)6-4-2/h8-11,14-17H,3-7H2,1-2H3. The Morgan fingerprint density at radius 1 is 0.774 bits per heavy atom. The van der Waals surface area contributed by atoms with Crippen molar-refractivity contribution in [2.45, 2.75) is 46.0 Å². The summed E-state index contributed by atoms with van der Waals surface area (Å²) in [6.07, 6.45) is 5.52. The van der Waals surface area contributed by atoms with Gasteiger partial charge in [0.25, 0.3) is 0 Å². The topological polar surface area (TPSA) is 0 Å². The van der Waals surface area contributed by atoms with Crippen LogP contribution in [0.2, 0.25) is 0 Å². The minimum atomic E-state index is -0.620. The lowest BCUT2D eigenvalue weighted by Crippen LogP contribution is -1.92. The van der Waals surface area contributed by atoms with Crippen molar-refractivity contribution in [3.8, 4) is 22.3 Å². The van der Waals surface area contributed by atoms with Gasteiger partial charge in [-0.25, -0.2) is 8.78 Å². The number of hydrogen-bond donors (Lipinski definition) is 0. The van der Waals surface area contributed by atoms with E-state index in [0.29, 0.717) is 5.56 Å². The van der Waals surface area contributed by atoms with Gasteiger partial charge in [-0.3, -0.25) is 0 Å². The third-order valence-electron chi connectivity index (χ3n) is 5.19. The van der Waals surface area contributed by atoms with E-state index in [1.807, 2.05) is 30.3 Å². The third kappa shape index (κ3) is 5.06. The lowest BCUT2D eigenvalue weighted by molar-refractivity contribution is 0.578. The first-order chi connectivity index (χ1) is 15.1. The fourth-order valence-corrected chi connectivity index (χ4v) is 6.01. The molecule has 0 unspecified atom stereocenters. The zero-order valence-electron chi connectivity index (χ0n) is 17.7. The van der Waals surface area contributed by atoms with E-state index in [0.717, 1.165) is 42.5 Å². The average molecular weight is 451 g/mol. The largest absolute Gasteiger partial charge is 0.205 e. The van der Waals surface area contributed by atoms with Gasteiger partial charge in [-0.1, -0.05) is 50.7 Å². The quantitative estimate of drug-likeness (QED) is 0.258. The van der Waals surface area contributed by atoms with E-state index in [1.165, 1.54) is 32.0 Å². The van der Waals surface area contributed by atoms with E-state index in [-0.39, 0.29) is 5.56 Å². The highest BCUT2D eigenvalue weighted by Gasteiger charge is 2.14. The maximum Gasteiger partial charge on any atom is 0.142 e. The highest BCUT2D eigenvalue weighted by Crippen LogP contribution is 2.39. The Balaban J connectivity index is 1.56. The van der Waals surface area contributed by atoms with Crippen molar-refractivity contribution < 1.29 is 8.78 Å². The molecule has 0 saturated heterocycles. The first-order valence-electron chi connectivity index (χ1n) is 10.7. The molecule has 0 N–H and O–H groups in total. The van der Waals surface area contributed by atoms with E-state index in [2.05, 4.69) is 31.8 Å². The molecule has 4 aromatic rings. The van der Waals surface area contributed by atoms with Crippen molar-refractivity contribution in [3.63, 3.8) is 0 Å². The Bertz CT molecular complexity index is 1200. The maximum atomic E-state index is 14.7. The fraction of sp³-hybridized carbons (Fsp3) is 0.259. The molecule has 158 valence electrons. The van der Waals surface area contributed by atoms with Gasteiger partial charge in [-0.15, -0.1) is 22.7 Å². The molecule has 0 saturated carbocycles. The van der Waals surface area contributed by atoms with Gasteiger partial charge in [-0.2, -0.15) is 0 Å². The Morgan fingerprint density at radius 3 is 2.13 bits per heavy atom. The van der Waals surface area contributed by atoms with Crippen molar-refractivity contribution in [1.29, 1.82) is 0 Å². The summed E-state index contributed by atoms with van der Waals surface area (Å²) in [6, 6.07) is 14.9. The van der Waals surface area contributed by atoms with Gasteiger partial charge in [0.15, 0.2) is 0 Å². The molecule has 0 amide bonds. The smallest absolute Gasteiger partial charge is 0.142 e. The molecular weight excluding hydrogens is 426 g/mol. The van der Waals surface area contributed by atoms with Crippen LogP contribution in [0.1, 0.15) is 54.7 Å². The third-order valence-corrected chi connectivity index (χ3v) is 7.59. The van der Waals surface area contributed by atoms with Gasteiger partial charge >= 0.3 is 0 Å². The second-order valence-corrected chi connectivity index (χ2v) is 9.92. The maximum absolute atomic E-state index is 14.7. The molecule has 0 bridgehead atoms. The number of hydrogen-bond acceptors (Lipinski definition) is 2. The monoisotopic (exact) mass is 450 g/mol. The number of unbranched alkanes of at least 4 members (excludes halogenated alkanes) is 1. The van der Waals surface area contributed by atoms with Crippen LogP contribution in [0.25, 0.3) is 19.8 Å². The molecule has 0 aliphatic rings. The van der Waals surface area contributed by atoms with Crippen LogP contribution in [0.15, 0.2) is 48.5 Å². The number of rotatable bonds is 6. The summed E-state index contributed by atoms with van der Waals surface area (Å²) in [5, 5.41) is 0. The number of benzene rings is 2. The molecule has 2 aromatic carbocycles. The van der Waals surface area contributed by atoms with Crippen LogP contribution in [0, 0.1) is 23.5 Å². The molecule has 4 heteroatoms. The predicted octanol–water partition coefficient (Wildman–Crippen LogP) is 8.60. The van der Waals surface area contributed by atoms with Crippen LogP contribution in [0.5, 0.6) is 0 Å². The minimum absolute atomic E-state index is 0.178. The molecule has 31 heavy (non-hydrogen) atoms. The molecular formula is C27H24F2S2. The number of halogens is 2. The normalized spacial score (nSPS) is 11.0.